The van der Waals surface area contributed by atoms with E-state index in [2.05, 4.69) is 0 Å². The van der Waals surface area contributed by atoms with Crippen molar-refractivity contribution in [2.45, 2.75) is 24.0 Å². The minimum Gasteiger partial charge on any atom is -0.338 e. The number of rotatable bonds is 4. The molecule has 0 spiro atoms. The van der Waals surface area contributed by atoms with Crippen LogP contribution in [0.25, 0.3) is 0 Å². The molecule has 19 heavy (non-hydrogen) atoms. The average Bonchev–Trinajstić information content (AvgIpc) is 2.36. The number of thioether (sulfide) groups is 1. The maximum atomic E-state index is 12.0. The molecule has 0 bridgehead atoms. The molecule has 7 heteroatoms. The predicted octanol–water partition coefficient (Wildman–Crippen LogP) is 2.66. The van der Waals surface area contributed by atoms with Gasteiger partial charge in [0.15, 0.2) is 5.78 Å². The topological polar surface area (TPSA) is 46.2 Å². The van der Waals surface area contributed by atoms with Crippen LogP contribution in [0.5, 0.6) is 0 Å². The summed E-state index contributed by atoms with van der Waals surface area (Å²) in [7, 11) is 0. The number of carbonyl (C=O) groups excluding carboxylic acids is 2. The van der Waals surface area contributed by atoms with Crippen LogP contribution in [0.1, 0.15) is 17.3 Å². The minimum atomic E-state index is -4.99. The number of nitrogens with one attached hydrogen (secondary N) is 1. The van der Waals surface area contributed by atoms with Gasteiger partial charge in [0.25, 0.3) is 0 Å². The number of hydrogen-bond donors (Lipinski definition) is 1. The molecule has 1 rings (SSSR count). The summed E-state index contributed by atoms with van der Waals surface area (Å²) in [5.41, 5.74) is 0.257. The van der Waals surface area contributed by atoms with Crippen LogP contribution in [0, 0.1) is 0 Å². The van der Waals surface area contributed by atoms with E-state index < -0.39 is 23.9 Å². The molecule has 1 aromatic rings. The predicted molar refractivity (Wildman–Crippen MR) is 66.2 cm³/mol. The maximum Gasteiger partial charge on any atom is 0.471 e. The summed E-state index contributed by atoms with van der Waals surface area (Å²) < 4.78 is 36.1. The van der Waals surface area contributed by atoms with Crippen molar-refractivity contribution in [3.8, 4) is 0 Å². The smallest absolute Gasteiger partial charge is 0.338 e. The average molecular weight is 291 g/mol. The Morgan fingerprint density at radius 3 is 2.16 bits per heavy atom. The molecule has 0 aliphatic rings. The second-order valence-corrected chi connectivity index (χ2v) is 4.67. The summed E-state index contributed by atoms with van der Waals surface area (Å²) >= 11 is 1.48. The summed E-state index contributed by atoms with van der Waals surface area (Å²) in [5.74, 6) is -2.68. The highest BCUT2D eigenvalue weighted by molar-refractivity contribution is 7.98. The third-order valence-corrected chi connectivity index (χ3v) is 3.12. The van der Waals surface area contributed by atoms with Crippen LogP contribution in [0.2, 0.25) is 0 Å². The van der Waals surface area contributed by atoms with E-state index in [1.807, 2.05) is 6.26 Å². The Hall–Kier alpha value is -1.50. The Morgan fingerprint density at radius 2 is 1.74 bits per heavy atom. The Labute approximate surface area is 112 Å². The van der Waals surface area contributed by atoms with Crippen LogP contribution in [0.3, 0.4) is 0 Å². The second kappa shape index (κ2) is 6.10. The molecule has 1 atom stereocenters. The Morgan fingerprint density at radius 1 is 1.21 bits per heavy atom. The Bertz CT molecular complexity index is 471. The van der Waals surface area contributed by atoms with Crippen LogP contribution in [0.4, 0.5) is 13.2 Å². The van der Waals surface area contributed by atoms with Gasteiger partial charge < -0.3 is 5.32 Å². The molecule has 0 radical (unpaired) electrons. The lowest BCUT2D eigenvalue weighted by Gasteiger charge is -2.14. The fourth-order valence-electron chi connectivity index (χ4n) is 1.35. The van der Waals surface area contributed by atoms with Crippen molar-refractivity contribution in [2.24, 2.45) is 0 Å². The molecule has 3 nitrogen and oxygen atoms in total. The van der Waals surface area contributed by atoms with E-state index in [1.54, 1.807) is 17.4 Å². The van der Waals surface area contributed by atoms with Gasteiger partial charge in [-0.3, -0.25) is 9.59 Å². The molecule has 0 fully saturated rings. The van der Waals surface area contributed by atoms with Crippen molar-refractivity contribution in [1.29, 1.82) is 0 Å². The van der Waals surface area contributed by atoms with Crippen LogP contribution in [-0.4, -0.2) is 30.2 Å². The number of Topliss-reactive ketones (excluding diaryl/α,β-unsaturated/α-hetero) is 1. The monoisotopic (exact) mass is 291 g/mol. The van der Waals surface area contributed by atoms with Gasteiger partial charge in [-0.15, -0.1) is 11.8 Å². The molecule has 104 valence electrons. The first-order valence-electron chi connectivity index (χ1n) is 5.31. The third kappa shape index (κ3) is 4.27. The normalized spacial score (nSPS) is 12.9. The van der Waals surface area contributed by atoms with Gasteiger partial charge in [0.05, 0.1) is 6.04 Å². The summed E-state index contributed by atoms with van der Waals surface area (Å²) in [4.78, 5) is 23.5. The summed E-state index contributed by atoms with van der Waals surface area (Å²) in [6.07, 6.45) is -3.12. The summed E-state index contributed by atoms with van der Waals surface area (Å²) in [5, 5.41) is 1.63. The van der Waals surface area contributed by atoms with Crippen LogP contribution >= 0.6 is 11.8 Å². The number of ketones is 1. The van der Waals surface area contributed by atoms with Crippen molar-refractivity contribution >= 4 is 23.5 Å². The van der Waals surface area contributed by atoms with E-state index >= 15 is 0 Å². The highest BCUT2D eigenvalue weighted by atomic mass is 32.2. The molecular formula is C12H12F3NO2S. The fourth-order valence-corrected chi connectivity index (χ4v) is 1.76. The molecule has 1 amide bonds. The molecule has 0 aromatic heterocycles. The van der Waals surface area contributed by atoms with Gasteiger partial charge in [-0.2, -0.15) is 13.2 Å². The van der Waals surface area contributed by atoms with E-state index in [9.17, 15) is 22.8 Å². The third-order valence-electron chi connectivity index (χ3n) is 2.37. The zero-order chi connectivity index (χ0) is 14.6. The molecule has 0 saturated carbocycles. The number of carbonyl (C=O) groups is 2. The first-order chi connectivity index (χ1) is 8.75. The van der Waals surface area contributed by atoms with Gasteiger partial charge in [0.2, 0.25) is 0 Å². The molecule has 0 unspecified atom stereocenters. The lowest BCUT2D eigenvalue weighted by molar-refractivity contribution is -0.173. The first kappa shape index (κ1) is 15.6. The summed E-state index contributed by atoms with van der Waals surface area (Å²) in [6.45, 7) is 1.22. The zero-order valence-corrected chi connectivity index (χ0v) is 11.1. The van der Waals surface area contributed by atoms with Crippen LogP contribution in [0.15, 0.2) is 29.2 Å². The van der Waals surface area contributed by atoms with Crippen molar-refractivity contribution in [3.63, 3.8) is 0 Å². The summed E-state index contributed by atoms with van der Waals surface area (Å²) in [6, 6.07) is 5.19. The lowest BCUT2D eigenvalue weighted by Crippen LogP contribution is -2.45. The Kier molecular flexibility index (Phi) is 4.99. The molecule has 0 aliphatic heterocycles. The minimum absolute atomic E-state index is 0.257. The number of benzene rings is 1. The van der Waals surface area contributed by atoms with Gasteiger partial charge >= 0.3 is 12.1 Å². The van der Waals surface area contributed by atoms with Crippen molar-refractivity contribution < 1.29 is 22.8 Å². The SMILES string of the molecule is CSc1ccc(C(=O)[C@@H](C)NC(=O)C(F)(F)F)cc1. The lowest BCUT2D eigenvalue weighted by atomic mass is 10.1. The zero-order valence-electron chi connectivity index (χ0n) is 10.2. The maximum absolute atomic E-state index is 12.0. The molecular weight excluding hydrogens is 279 g/mol. The molecule has 1 N–H and O–H groups in total. The van der Waals surface area contributed by atoms with Crippen LogP contribution < -0.4 is 5.32 Å². The van der Waals surface area contributed by atoms with Crippen molar-refractivity contribution in [3.05, 3.63) is 29.8 Å². The molecule has 0 saturated heterocycles. The number of halogens is 3. The quantitative estimate of drug-likeness (QED) is 0.685. The Balaban J connectivity index is 2.74. The molecule has 0 aliphatic carbocycles. The number of amides is 1. The van der Waals surface area contributed by atoms with Gasteiger partial charge in [0, 0.05) is 10.5 Å². The van der Waals surface area contributed by atoms with Crippen molar-refractivity contribution in [1.82, 2.24) is 5.32 Å². The van der Waals surface area contributed by atoms with Gasteiger partial charge in [-0.05, 0) is 25.3 Å². The van der Waals surface area contributed by atoms with E-state index in [4.69, 9.17) is 0 Å². The molecule has 1 aromatic carbocycles. The second-order valence-electron chi connectivity index (χ2n) is 3.79. The van der Waals surface area contributed by atoms with Gasteiger partial charge in [-0.25, -0.2) is 0 Å². The fraction of sp³-hybridized carbons (Fsp3) is 0.333. The van der Waals surface area contributed by atoms with Gasteiger partial charge in [0.1, 0.15) is 0 Å². The largest absolute Gasteiger partial charge is 0.471 e. The highest BCUT2D eigenvalue weighted by Crippen LogP contribution is 2.17. The number of hydrogen-bond acceptors (Lipinski definition) is 3. The van der Waals surface area contributed by atoms with Gasteiger partial charge in [-0.1, -0.05) is 12.1 Å². The van der Waals surface area contributed by atoms with Crippen molar-refractivity contribution in [2.75, 3.05) is 6.26 Å². The van der Waals surface area contributed by atoms with E-state index in [0.717, 1.165) is 4.90 Å². The van der Waals surface area contributed by atoms with E-state index in [0.29, 0.717) is 0 Å². The number of alkyl halides is 3. The molecule has 0 heterocycles. The first-order valence-corrected chi connectivity index (χ1v) is 6.54. The standard InChI is InChI=1S/C12H12F3NO2S/c1-7(16-11(18)12(13,14)15)10(17)8-3-5-9(19-2)6-4-8/h3-7H,1-2H3,(H,16,18)/t7-/m1/s1. The van der Waals surface area contributed by atoms with E-state index in [-0.39, 0.29) is 5.56 Å². The highest BCUT2D eigenvalue weighted by Gasteiger charge is 2.40. The van der Waals surface area contributed by atoms with Crippen LogP contribution in [-0.2, 0) is 4.79 Å². The van der Waals surface area contributed by atoms with E-state index in [1.165, 1.54) is 30.8 Å².